The minimum atomic E-state index is 0.0726. The second kappa shape index (κ2) is 7.32. The van der Waals surface area contributed by atoms with Crippen molar-refractivity contribution in [2.45, 2.75) is 38.9 Å². The molecule has 1 heterocycles. The van der Waals surface area contributed by atoms with Gasteiger partial charge in [-0.2, -0.15) is 0 Å². The number of nitrogens with zero attached hydrogens (tertiary/aromatic N) is 3. The molecule has 1 atom stereocenters. The Labute approximate surface area is 95.3 Å². The summed E-state index contributed by atoms with van der Waals surface area (Å²) in [7, 11) is 0. The first-order chi connectivity index (χ1) is 7.76. The molecule has 1 aromatic rings. The van der Waals surface area contributed by atoms with Gasteiger partial charge in [-0.3, -0.25) is 0 Å². The van der Waals surface area contributed by atoms with Gasteiger partial charge in [0.15, 0.2) is 0 Å². The smallest absolute Gasteiger partial charge is 0.0964 e. The van der Waals surface area contributed by atoms with Crippen LogP contribution in [-0.4, -0.2) is 44.5 Å². The molecule has 0 spiro atoms. The van der Waals surface area contributed by atoms with E-state index in [1.165, 1.54) is 0 Å². The van der Waals surface area contributed by atoms with Gasteiger partial charge in [0, 0.05) is 25.4 Å². The molecule has 6 heteroatoms. The third-order valence-electron chi connectivity index (χ3n) is 2.34. The molecule has 0 bridgehead atoms. The van der Waals surface area contributed by atoms with Crippen LogP contribution in [0.4, 0.5) is 0 Å². The van der Waals surface area contributed by atoms with E-state index >= 15 is 0 Å². The molecule has 0 aliphatic rings. The molecule has 1 aromatic heterocycles. The highest BCUT2D eigenvalue weighted by Gasteiger charge is 2.03. The van der Waals surface area contributed by atoms with E-state index in [9.17, 15) is 0 Å². The predicted molar refractivity (Wildman–Crippen MR) is 59.7 cm³/mol. The minimum absolute atomic E-state index is 0.0726. The third kappa shape index (κ3) is 4.69. The summed E-state index contributed by atoms with van der Waals surface area (Å²) < 4.78 is 1.62. The van der Waals surface area contributed by atoms with E-state index in [0.29, 0.717) is 19.1 Å². The maximum atomic E-state index is 8.72. The van der Waals surface area contributed by atoms with Crippen LogP contribution >= 0.6 is 0 Å². The zero-order chi connectivity index (χ0) is 11.8. The summed E-state index contributed by atoms with van der Waals surface area (Å²) in [6.45, 7) is 3.53. The fraction of sp³-hybridized carbons (Fsp3) is 0.800. The molecule has 0 aliphatic heterocycles. The van der Waals surface area contributed by atoms with Crippen molar-refractivity contribution in [1.29, 1.82) is 0 Å². The number of aliphatic hydroxyl groups excluding tert-OH is 2. The van der Waals surface area contributed by atoms with Crippen LogP contribution in [0.2, 0.25) is 0 Å². The van der Waals surface area contributed by atoms with Gasteiger partial charge in [0.05, 0.1) is 18.8 Å². The van der Waals surface area contributed by atoms with E-state index in [0.717, 1.165) is 18.5 Å². The highest BCUT2D eigenvalue weighted by Crippen LogP contribution is 1.98. The number of aliphatic hydroxyl groups is 2. The molecule has 92 valence electrons. The summed E-state index contributed by atoms with van der Waals surface area (Å²) in [5.74, 6) is 0. The van der Waals surface area contributed by atoms with Gasteiger partial charge in [0.1, 0.15) is 0 Å². The zero-order valence-electron chi connectivity index (χ0n) is 9.63. The lowest BCUT2D eigenvalue weighted by Crippen LogP contribution is -2.25. The van der Waals surface area contributed by atoms with Crippen molar-refractivity contribution >= 4 is 0 Å². The summed E-state index contributed by atoms with van der Waals surface area (Å²) in [6.07, 6.45) is 3.58. The van der Waals surface area contributed by atoms with Crippen molar-refractivity contribution < 1.29 is 10.2 Å². The molecule has 16 heavy (non-hydrogen) atoms. The Kier molecular flexibility index (Phi) is 5.99. The molecule has 1 unspecified atom stereocenters. The average molecular weight is 228 g/mol. The maximum Gasteiger partial charge on any atom is 0.0964 e. The summed E-state index contributed by atoms with van der Waals surface area (Å²) in [5.41, 5.74) is 0.865. The van der Waals surface area contributed by atoms with Crippen LogP contribution in [-0.2, 0) is 13.1 Å². The normalized spacial score (nSPS) is 12.9. The van der Waals surface area contributed by atoms with Crippen LogP contribution in [0.15, 0.2) is 6.20 Å². The molecule has 0 radical (unpaired) electrons. The fourth-order valence-corrected chi connectivity index (χ4v) is 1.41. The van der Waals surface area contributed by atoms with E-state index in [2.05, 4.69) is 22.6 Å². The Hall–Kier alpha value is -0.980. The Bertz CT molecular complexity index is 290. The number of aromatic nitrogens is 3. The lowest BCUT2D eigenvalue weighted by atomic mass is 10.2. The Morgan fingerprint density at radius 3 is 2.94 bits per heavy atom. The van der Waals surface area contributed by atoms with Gasteiger partial charge in [0.2, 0.25) is 0 Å². The van der Waals surface area contributed by atoms with E-state index in [1.54, 1.807) is 4.68 Å². The Balaban J connectivity index is 2.25. The third-order valence-corrected chi connectivity index (χ3v) is 2.34. The van der Waals surface area contributed by atoms with Crippen LogP contribution in [0.3, 0.4) is 0 Å². The maximum absolute atomic E-state index is 8.72. The van der Waals surface area contributed by atoms with Gasteiger partial charge in [-0.15, -0.1) is 5.10 Å². The van der Waals surface area contributed by atoms with Crippen molar-refractivity contribution in [3.05, 3.63) is 11.9 Å². The van der Waals surface area contributed by atoms with E-state index in [4.69, 9.17) is 10.2 Å². The highest BCUT2D eigenvalue weighted by atomic mass is 16.3. The molecule has 0 aromatic carbocycles. The van der Waals surface area contributed by atoms with Gasteiger partial charge in [-0.05, 0) is 19.8 Å². The van der Waals surface area contributed by atoms with Gasteiger partial charge in [0.25, 0.3) is 0 Å². The largest absolute Gasteiger partial charge is 0.396 e. The predicted octanol–water partition coefficient (Wildman–Crippen LogP) is -0.479. The second-order valence-electron chi connectivity index (χ2n) is 3.84. The quantitative estimate of drug-likeness (QED) is 0.560. The van der Waals surface area contributed by atoms with Crippen molar-refractivity contribution in [2.75, 3.05) is 13.2 Å². The summed E-state index contributed by atoms with van der Waals surface area (Å²) in [6, 6.07) is 0.357. The summed E-state index contributed by atoms with van der Waals surface area (Å²) in [5, 5.41) is 28.6. The van der Waals surface area contributed by atoms with Gasteiger partial charge in [-0.1, -0.05) is 5.21 Å². The minimum Gasteiger partial charge on any atom is -0.396 e. The molecule has 0 amide bonds. The zero-order valence-corrected chi connectivity index (χ0v) is 9.63. The van der Waals surface area contributed by atoms with Crippen LogP contribution in [0, 0.1) is 0 Å². The molecule has 0 aliphatic carbocycles. The molecule has 0 saturated heterocycles. The molecule has 6 nitrogen and oxygen atoms in total. The number of hydrogen-bond acceptors (Lipinski definition) is 5. The Morgan fingerprint density at radius 2 is 2.25 bits per heavy atom. The van der Waals surface area contributed by atoms with E-state index in [1.807, 2.05) is 6.20 Å². The van der Waals surface area contributed by atoms with Gasteiger partial charge in [-0.25, -0.2) is 4.68 Å². The van der Waals surface area contributed by atoms with Crippen molar-refractivity contribution in [1.82, 2.24) is 20.3 Å². The molecule has 0 fully saturated rings. The van der Waals surface area contributed by atoms with Crippen LogP contribution in [0.1, 0.15) is 25.5 Å². The first-order valence-electron chi connectivity index (χ1n) is 5.60. The summed E-state index contributed by atoms with van der Waals surface area (Å²) >= 11 is 0. The van der Waals surface area contributed by atoms with E-state index in [-0.39, 0.29) is 13.2 Å². The molecular formula is C10H20N4O2. The molecule has 3 N–H and O–H groups in total. The molecular weight excluding hydrogens is 208 g/mol. The van der Waals surface area contributed by atoms with Crippen LogP contribution in [0.25, 0.3) is 0 Å². The van der Waals surface area contributed by atoms with Gasteiger partial charge >= 0.3 is 0 Å². The average Bonchev–Trinajstić information content (AvgIpc) is 2.72. The topological polar surface area (TPSA) is 83.2 Å². The van der Waals surface area contributed by atoms with Crippen LogP contribution < -0.4 is 5.32 Å². The first-order valence-corrected chi connectivity index (χ1v) is 5.60. The van der Waals surface area contributed by atoms with Gasteiger partial charge < -0.3 is 15.5 Å². The van der Waals surface area contributed by atoms with E-state index < -0.39 is 0 Å². The fourth-order valence-electron chi connectivity index (χ4n) is 1.41. The van der Waals surface area contributed by atoms with Crippen molar-refractivity contribution in [3.8, 4) is 0 Å². The van der Waals surface area contributed by atoms with Crippen molar-refractivity contribution in [2.24, 2.45) is 0 Å². The lowest BCUT2D eigenvalue weighted by molar-refractivity contribution is 0.268. The number of rotatable bonds is 8. The van der Waals surface area contributed by atoms with Crippen LogP contribution in [0.5, 0.6) is 0 Å². The highest BCUT2D eigenvalue weighted by molar-refractivity contribution is 4.91. The summed E-state index contributed by atoms with van der Waals surface area (Å²) in [4.78, 5) is 0. The number of nitrogens with one attached hydrogen (secondary N) is 1. The lowest BCUT2D eigenvalue weighted by Gasteiger charge is -2.11. The van der Waals surface area contributed by atoms with Crippen molar-refractivity contribution in [3.63, 3.8) is 0 Å². The SMILES string of the molecule is CC(CCCO)NCc1cn(CCO)nn1. The Morgan fingerprint density at radius 1 is 1.44 bits per heavy atom. The molecule has 1 rings (SSSR count). The standard InChI is InChI=1S/C10H20N4O2/c1-9(3-2-5-15)11-7-10-8-14(4-6-16)13-12-10/h8-9,11,15-16H,2-7H2,1H3. The first kappa shape index (κ1) is 13.1. The molecule has 0 saturated carbocycles. The second-order valence-corrected chi connectivity index (χ2v) is 3.84. The number of hydrogen-bond donors (Lipinski definition) is 3. The monoisotopic (exact) mass is 228 g/mol.